The van der Waals surface area contributed by atoms with Gasteiger partial charge in [0, 0.05) is 10.0 Å². The number of hydrogen-bond acceptors (Lipinski definition) is 2. The summed E-state index contributed by atoms with van der Waals surface area (Å²) in [7, 11) is 0. The summed E-state index contributed by atoms with van der Waals surface area (Å²) in [6.45, 7) is 0. The molecular weight excluding hydrogens is 279 g/mol. The summed E-state index contributed by atoms with van der Waals surface area (Å²) in [6, 6.07) is 13.3. The smallest absolute Gasteiger partial charge is 0.240 e. The second-order valence-corrected chi connectivity index (χ2v) is 5.21. The van der Waals surface area contributed by atoms with Crippen LogP contribution in [-0.4, -0.2) is 4.21 Å². The lowest BCUT2D eigenvalue weighted by atomic mass is 10.3. The van der Waals surface area contributed by atoms with E-state index in [1.807, 2.05) is 0 Å². The van der Waals surface area contributed by atoms with Crippen molar-refractivity contribution in [2.24, 2.45) is 0 Å². The molecule has 0 aliphatic heterocycles. The van der Waals surface area contributed by atoms with Crippen LogP contribution in [0.2, 0.25) is 10.0 Å². The van der Waals surface area contributed by atoms with E-state index in [2.05, 4.69) is 0 Å². The van der Waals surface area contributed by atoms with Crippen molar-refractivity contribution in [1.29, 1.82) is 0 Å². The average Bonchev–Trinajstić information content (AvgIpc) is 2.33. The van der Waals surface area contributed by atoms with Gasteiger partial charge in [0.05, 0.1) is 4.90 Å². The minimum absolute atomic E-state index is 0.502. The Labute approximate surface area is 112 Å². The summed E-state index contributed by atoms with van der Waals surface area (Å²) in [5.41, 5.74) is 0. The fourth-order valence-electron chi connectivity index (χ4n) is 1.17. The first kappa shape index (κ1) is 12.4. The Bertz CT molecular complexity index is 523. The first-order valence-electron chi connectivity index (χ1n) is 4.76. The molecule has 17 heavy (non-hydrogen) atoms. The van der Waals surface area contributed by atoms with Gasteiger partial charge in [-0.2, -0.15) is 0 Å². The molecule has 0 bridgehead atoms. The SMILES string of the molecule is O=S(Oc1ccc(Cl)cc1)c1ccc(Cl)cc1. The Kier molecular flexibility index (Phi) is 4.05. The summed E-state index contributed by atoms with van der Waals surface area (Å²) >= 11 is 9.93. The Morgan fingerprint density at radius 2 is 1.29 bits per heavy atom. The lowest BCUT2D eigenvalue weighted by molar-refractivity contribution is 0.562. The summed E-state index contributed by atoms with van der Waals surface area (Å²) < 4.78 is 17.1. The molecule has 2 rings (SSSR count). The molecule has 0 saturated carbocycles. The summed E-state index contributed by atoms with van der Waals surface area (Å²) in [5.74, 6) is 0.502. The standard InChI is InChI=1S/C12H8Cl2O2S/c13-9-1-5-11(6-2-9)16-17(15)12-7-3-10(14)4-8-12/h1-8H. The molecule has 0 aromatic heterocycles. The van der Waals surface area contributed by atoms with Crippen LogP contribution in [0, 0.1) is 0 Å². The lowest BCUT2D eigenvalue weighted by Crippen LogP contribution is -2.00. The molecule has 5 heteroatoms. The maximum atomic E-state index is 11.8. The number of benzene rings is 2. The summed E-state index contributed by atoms with van der Waals surface area (Å²) in [5, 5.41) is 1.20. The van der Waals surface area contributed by atoms with Gasteiger partial charge >= 0.3 is 0 Å². The van der Waals surface area contributed by atoms with Crippen LogP contribution in [-0.2, 0) is 11.1 Å². The molecule has 0 N–H and O–H groups in total. The predicted molar refractivity (Wildman–Crippen MR) is 69.9 cm³/mol. The van der Waals surface area contributed by atoms with Crippen molar-refractivity contribution in [2.75, 3.05) is 0 Å². The third-order valence-electron chi connectivity index (χ3n) is 1.99. The van der Waals surface area contributed by atoms with E-state index in [1.165, 1.54) is 0 Å². The molecular formula is C12H8Cl2O2S. The van der Waals surface area contributed by atoms with Crippen LogP contribution in [0.3, 0.4) is 0 Å². The largest absolute Gasteiger partial charge is 0.397 e. The lowest BCUT2D eigenvalue weighted by Gasteiger charge is -2.04. The van der Waals surface area contributed by atoms with Crippen molar-refractivity contribution in [1.82, 2.24) is 0 Å². The first-order valence-corrected chi connectivity index (χ1v) is 6.59. The number of halogens is 2. The summed E-state index contributed by atoms with van der Waals surface area (Å²) in [6.07, 6.45) is 0. The molecule has 2 aromatic rings. The van der Waals surface area contributed by atoms with Crippen molar-refractivity contribution in [3.05, 3.63) is 58.6 Å². The van der Waals surface area contributed by atoms with Gasteiger partial charge in [0.25, 0.3) is 0 Å². The molecule has 0 spiro atoms. The van der Waals surface area contributed by atoms with Crippen molar-refractivity contribution >= 4 is 34.3 Å². The van der Waals surface area contributed by atoms with E-state index in [0.717, 1.165) is 0 Å². The van der Waals surface area contributed by atoms with Crippen LogP contribution in [0.5, 0.6) is 5.75 Å². The maximum absolute atomic E-state index is 11.8. The fourth-order valence-corrected chi connectivity index (χ4v) is 2.16. The molecule has 0 radical (unpaired) electrons. The highest BCUT2D eigenvalue weighted by Crippen LogP contribution is 2.19. The molecule has 88 valence electrons. The molecule has 2 aromatic carbocycles. The highest BCUT2D eigenvalue weighted by Gasteiger charge is 2.06. The zero-order valence-corrected chi connectivity index (χ0v) is 10.9. The minimum atomic E-state index is -1.55. The Morgan fingerprint density at radius 3 is 1.82 bits per heavy atom. The second kappa shape index (κ2) is 5.54. The van der Waals surface area contributed by atoms with E-state index in [1.54, 1.807) is 48.5 Å². The topological polar surface area (TPSA) is 26.3 Å². The predicted octanol–water partition coefficient (Wildman–Crippen LogP) is 4.10. The molecule has 0 amide bonds. The molecule has 0 aliphatic rings. The Balaban J connectivity index is 2.11. The molecule has 0 saturated heterocycles. The van der Waals surface area contributed by atoms with Crippen molar-refractivity contribution < 1.29 is 8.39 Å². The molecule has 0 heterocycles. The van der Waals surface area contributed by atoms with E-state index in [9.17, 15) is 4.21 Å². The molecule has 1 unspecified atom stereocenters. The van der Waals surface area contributed by atoms with Crippen LogP contribution >= 0.6 is 23.2 Å². The monoisotopic (exact) mass is 286 g/mol. The fraction of sp³-hybridized carbons (Fsp3) is 0. The summed E-state index contributed by atoms with van der Waals surface area (Å²) in [4.78, 5) is 0.560. The van der Waals surface area contributed by atoms with Crippen molar-refractivity contribution in [3.63, 3.8) is 0 Å². The minimum Gasteiger partial charge on any atom is -0.397 e. The molecule has 1 atom stereocenters. The van der Waals surface area contributed by atoms with Crippen LogP contribution < -0.4 is 4.18 Å². The van der Waals surface area contributed by atoms with E-state index in [0.29, 0.717) is 20.7 Å². The van der Waals surface area contributed by atoms with E-state index < -0.39 is 11.1 Å². The number of hydrogen-bond donors (Lipinski definition) is 0. The van der Waals surface area contributed by atoms with Crippen LogP contribution in [0.1, 0.15) is 0 Å². The van der Waals surface area contributed by atoms with Gasteiger partial charge in [0.15, 0.2) is 0 Å². The van der Waals surface area contributed by atoms with Gasteiger partial charge < -0.3 is 4.18 Å². The maximum Gasteiger partial charge on any atom is 0.240 e. The Hall–Kier alpha value is -1.03. The normalized spacial score (nSPS) is 12.1. The molecule has 0 aliphatic carbocycles. The highest BCUT2D eigenvalue weighted by molar-refractivity contribution is 7.80. The van der Waals surface area contributed by atoms with Crippen molar-refractivity contribution in [2.45, 2.75) is 4.90 Å². The zero-order valence-electron chi connectivity index (χ0n) is 8.60. The van der Waals surface area contributed by atoms with Crippen LogP contribution in [0.4, 0.5) is 0 Å². The van der Waals surface area contributed by atoms with Crippen molar-refractivity contribution in [3.8, 4) is 5.75 Å². The van der Waals surface area contributed by atoms with Gasteiger partial charge in [-0.15, -0.1) is 0 Å². The van der Waals surface area contributed by atoms with E-state index in [-0.39, 0.29) is 0 Å². The number of rotatable bonds is 3. The quantitative estimate of drug-likeness (QED) is 0.849. The van der Waals surface area contributed by atoms with Gasteiger partial charge in [-0.3, -0.25) is 0 Å². The Morgan fingerprint density at radius 1 is 0.824 bits per heavy atom. The zero-order chi connectivity index (χ0) is 12.3. The van der Waals surface area contributed by atoms with Gasteiger partial charge in [0.2, 0.25) is 11.1 Å². The van der Waals surface area contributed by atoms with Gasteiger partial charge in [-0.1, -0.05) is 23.2 Å². The van der Waals surface area contributed by atoms with Gasteiger partial charge in [-0.05, 0) is 48.5 Å². The van der Waals surface area contributed by atoms with E-state index in [4.69, 9.17) is 27.4 Å². The van der Waals surface area contributed by atoms with Gasteiger partial charge in [-0.25, -0.2) is 4.21 Å². The van der Waals surface area contributed by atoms with Crippen LogP contribution in [0.15, 0.2) is 53.4 Å². The third-order valence-corrected chi connectivity index (χ3v) is 3.50. The van der Waals surface area contributed by atoms with E-state index >= 15 is 0 Å². The molecule has 0 fully saturated rings. The van der Waals surface area contributed by atoms with Crippen LogP contribution in [0.25, 0.3) is 0 Å². The third kappa shape index (κ3) is 3.46. The molecule has 2 nitrogen and oxygen atoms in total. The van der Waals surface area contributed by atoms with Gasteiger partial charge in [0.1, 0.15) is 5.75 Å². The average molecular weight is 287 g/mol. The second-order valence-electron chi connectivity index (χ2n) is 3.23. The first-order chi connectivity index (χ1) is 8.15. The highest BCUT2D eigenvalue weighted by atomic mass is 35.5.